The number of nitrogens with zero attached hydrogens (tertiary/aromatic N) is 4. The van der Waals surface area contributed by atoms with Crippen LogP contribution in [0.25, 0.3) is 0 Å². The van der Waals surface area contributed by atoms with Crippen molar-refractivity contribution in [2.75, 3.05) is 20.6 Å². The van der Waals surface area contributed by atoms with Crippen LogP contribution in [-0.2, 0) is 13.6 Å². The normalized spacial score (nSPS) is 17.5. The third kappa shape index (κ3) is 2.51. The fraction of sp³-hybridized carbons (Fsp3) is 0.375. The van der Waals surface area contributed by atoms with Gasteiger partial charge in [-0.3, -0.25) is 4.68 Å². The van der Waals surface area contributed by atoms with Gasteiger partial charge in [0.25, 0.3) is 0 Å². The van der Waals surface area contributed by atoms with Crippen LogP contribution in [0.2, 0.25) is 0 Å². The Bertz CT molecular complexity index is 662. The number of fused-ring (bicyclic) bond motifs is 1. The van der Waals surface area contributed by atoms with Crippen LogP contribution in [0.5, 0.6) is 0 Å². The van der Waals surface area contributed by atoms with Crippen molar-refractivity contribution >= 4 is 6.03 Å². The van der Waals surface area contributed by atoms with Crippen LogP contribution < -0.4 is 0 Å². The first-order valence-electron chi connectivity index (χ1n) is 7.09. The predicted molar refractivity (Wildman–Crippen MR) is 81.0 cm³/mol. The van der Waals surface area contributed by atoms with Gasteiger partial charge in [-0.1, -0.05) is 24.3 Å². The minimum absolute atomic E-state index is 0.0541. The second-order valence-corrected chi connectivity index (χ2v) is 5.76. The van der Waals surface area contributed by atoms with Crippen LogP contribution in [-0.4, -0.2) is 46.3 Å². The number of rotatable bonds is 1. The minimum Gasteiger partial charge on any atom is -0.331 e. The van der Waals surface area contributed by atoms with Crippen molar-refractivity contribution in [3.05, 3.63) is 53.3 Å². The highest BCUT2D eigenvalue weighted by atomic mass is 16.2. The molecule has 1 atom stereocenters. The van der Waals surface area contributed by atoms with Crippen molar-refractivity contribution < 1.29 is 4.79 Å². The number of hydrogen-bond donors (Lipinski definition) is 0. The Balaban J connectivity index is 2.00. The van der Waals surface area contributed by atoms with Gasteiger partial charge in [0.15, 0.2) is 0 Å². The topological polar surface area (TPSA) is 41.4 Å². The molecule has 1 aromatic carbocycles. The zero-order chi connectivity index (χ0) is 15.0. The molecular weight excluding hydrogens is 264 g/mol. The summed E-state index contributed by atoms with van der Waals surface area (Å²) in [5.41, 5.74) is 3.67. The monoisotopic (exact) mass is 284 g/mol. The molecule has 1 aliphatic rings. The summed E-state index contributed by atoms with van der Waals surface area (Å²) < 4.78 is 1.81. The first-order chi connectivity index (χ1) is 10.1. The third-order valence-electron chi connectivity index (χ3n) is 3.97. The molecule has 0 N–H and O–H groups in total. The number of hydrogen-bond acceptors (Lipinski definition) is 2. The first-order valence-corrected chi connectivity index (χ1v) is 7.09. The molecule has 0 fully saturated rings. The van der Waals surface area contributed by atoms with Crippen molar-refractivity contribution in [3.8, 4) is 0 Å². The number of carbonyl (C=O) groups is 1. The van der Waals surface area contributed by atoms with Crippen LogP contribution in [0.3, 0.4) is 0 Å². The zero-order valence-corrected chi connectivity index (χ0v) is 12.7. The van der Waals surface area contributed by atoms with Gasteiger partial charge in [-0.25, -0.2) is 4.79 Å². The highest BCUT2D eigenvalue weighted by Crippen LogP contribution is 2.33. The lowest BCUT2D eigenvalue weighted by atomic mass is 9.86. The summed E-state index contributed by atoms with van der Waals surface area (Å²) in [6.07, 6.45) is 3.93. The van der Waals surface area contributed by atoms with E-state index in [0.717, 1.165) is 5.56 Å². The molecule has 0 spiro atoms. The smallest absolute Gasteiger partial charge is 0.319 e. The second kappa shape index (κ2) is 5.24. The molecule has 1 aliphatic heterocycles. The van der Waals surface area contributed by atoms with Crippen molar-refractivity contribution in [2.24, 2.45) is 7.05 Å². The predicted octanol–water partition coefficient (Wildman–Crippen LogP) is 2.05. The Morgan fingerprint density at radius 3 is 2.76 bits per heavy atom. The number of urea groups is 1. The standard InChI is InChI=1S/C16H20N4O/c1-18(2)16(21)20-10-12-6-4-5-7-14(12)15(11-20)13-8-17-19(3)9-13/h4-9,15H,10-11H2,1-3H3. The number of benzene rings is 1. The van der Waals surface area contributed by atoms with Gasteiger partial charge in [0.2, 0.25) is 0 Å². The molecule has 0 radical (unpaired) electrons. The van der Waals surface area contributed by atoms with Crippen LogP contribution in [0.4, 0.5) is 4.79 Å². The molecule has 1 unspecified atom stereocenters. The molecule has 0 bridgehead atoms. The molecular formula is C16H20N4O. The lowest BCUT2D eigenvalue weighted by Crippen LogP contribution is -2.43. The molecule has 2 aromatic rings. The zero-order valence-electron chi connectivity index (χ0n) is 12.7. The Hall–Kier alpha value is -2.30. The molecule has 2 amide bonds. The average molecular weight is 284 g/mol. The SMILES string of the molecule is CN(C)C(=O)N1Cc2ccccc2C(c2cnn(C)c2)C1. The largest absolute Gasteiger partial charge is 0.331 e. The fourth-order valence-corrected chi connectivity index (χ4v) is 2.94. The Morgan fingerprint density at radius 1 is 1.33 bits per heavy atom. The van der Waals surface area contributed by atoms with E-state index < -0.39 is 0 Å². The molecule has 2 heterocycles. The van der Waals surface area contributed by atoms with E-state index in [1.165, 1.54) is 11.1 Å². The maximum absolute atomic E-state index is 12.3. The Kier molecular flexibility index (Phi) is 3.41. The molecule has 0 aliphatic carbocycles. The summed E-state index contributed by atoms with van der Waals surface area (Å²) in [4.78, 5) is 15.9. The van der Waals surface area contributed by atoms with Crippen molar-refractivity contribution in [1.29, 1.82) is 0 Å². The molecule has 0 saturated heterocycles. The van der Waals surface area contributed by atoms with Crippen molar-refractivity contribution in [3.63, 3.8) is 0 Å². The van der Waals surface area contributed by atoms with E-state index in [1.807, 2.05) is 35.1 Å². The number of aromatic nitrogens is 2. The molecule has 3 rings (SSSR count). The Morgan fingerprint density at radius 2 is 2.10 bits per heavy atom. The highest BCUT2D eigenvalue weighted by Gasteiger charge is 2.30. The highest BCUT2D eigenvalue weighted by molar-refractivity contribution is 5.74. The van der Waals surface area contributed by atoms with E-state index in [9.17, 15) is 4.79 Å². The summed E-state index contributed by atoms with van der Waals surface area (Å²) in [5.74, 6) is 0.188. The lowest BCUT2D eigenvalue weighted by Gasteiger charge is -2.35. The quantitative estimate of drug-likeness (QED) is 0.804. The van der Waals surface area contributed by atoms with Gasteiger partial charge in [-0.2, -0.15) is 5.10 Å². The molecule has 5 heteroatoms. The maximum Gasteiger partial charge on any atom is 0.319 e. The van der Waals surface area contributed by atoms with Gasteiger partial charge < -0.3 is 9.80 Å². The van der Waals surface area contributed by atoms with Crippen LogP contribution in [0.1, 0.15) is 22.6 Å². The van der Waals surface area contributed by atoms with Crippen LogP contribution in [0.15, 0.2) is 36.7 Å². The van der Waals surface area contributed by atoms with Crippen molar-refractivity contribution in [1.82, 2.24) is 19.6 Å². The summed E-state index contributed by atoms with van der Waals surface area (Å²) in [6.45, 7) is 1.36. The number of amides is 2. The van der Waals surface area contributed by atoms with Gasteiger partial charge in [0.05, 0.1) is 6.20 Å². The summed E-state index contributed by atoms with van der Waals surface area (Å²) in [7, 11) is 5.50. The Labute approximate surface area is 124 Å². The summed E-state index contributed by atoms with van der Waals surface area (Å²) >= 11 is 0. The van der Waals surface area contributed by atoms with E-state index in [0.29, 0.717) is 13.1 Å². The summed E-state index contributed by atoms with van der Waals surface area (Å²) in [6, 6.07) is 8.41. The average Bonchev–Trinajstić information content (AvgIpc) is 2.91. The number of aryl methyl sites for hydroxylation is 1. The van der Waals surface area contributed by atoms with E-state index in [1.54, 1.807) is 19.0 Å². The third-order valence-corrected chi connectivity index (χ3v) is 3.97. The molecule has 5 nitrogen and oxygen atoms in total. The van der Waals surface area contributed by atoms with E-state index in [-0.39, 0.29) is 11.9 Å². The molecule has 110 valence electrons. The van der Waals surface area contributed by atoms with Gasteiger partial charge >= 0.3 is 6.03 Å². The minimum atomic E-state index is 0.0541. The van der Waals surface area contributed by atoms with E-state index >= 15 is 0 Å². The van der Waals surface area contributed by atoms with Crippen molar-refractivity contribution in [2.45, 2.75) is 12.5 Å². The number of carbonyl (C=O) groups excluding carboxylic acids is 1. The molecule has 0 saturated carbocycles. The second-order valence-electron chi connectivity index (χ2n) is 5.76. The molecule has 21 heavy (non-hydrogen) atoms. The summed E-state index contributed by atoms with van der Waals surface area (Å²) in [5, 5.41) is 4.27. The van der Waals surface area contributed by atoms with Crippen LogP contribution in [0, 0.1) is 0 Å². The first kappa shape index (κ1) is 13.7. The lowest BCUT2D eigenvalue weighted by molar-refractivity contribution is 0.162. The maximum atomic E-state index is 12.3. The van der Waals surface area contributed by atoms with E-state index in [4.69, 9.17) is 0 Å². The van der Waals surface area contributed by atoms with Gasteiger partial charge in [0.1, 0.15) is 0 Å². The van der Waals surface area contributed by atoms with Gasteiger partial charge in [0, 0.05) is 46.3 Å². The van der Waals surface area contributed by atoms with Gasteiger partial charge in [-0.15, -0.1) is 0 Å². The fourth-order valence-electron chi connectivity index (χ4n) is 2.94. The molecule has 1 aromatic heterocycles. The van der Waals surface area contributed by atoms with E-state index in [2.05, 4.69) is 23.3 Å². The van der Waals surface area contributed by atoms with Gasteiger partial charge in [-0.05, 0) is 16.7 Å². The van der Waals surface area contributed by atoms with Crippen LogP contribution >= 0.6 is 0 Å².